The summed E-state index contributed by atoms with van der Waals surface area (Å²) in [6.07, 6.45) is 2.22. The molecule has 4 rings (SSSR count). The van der Waals surface area contributed by atoms with Gasteiger partial charge in [-0.3, -0.25) is 5.10 Å². The number of hydrogen-bond acceptors (Lipinski definition) is 10. The highest BCUT2D eigenvalue weighted by atomic mass is 35.5. The van der Waals surface area contributed by atoms with Gasteiger partial charge in [-0.15, -0.1) is 5.10 Å². The molecule has 13 heteroatoms. The van der Waals surface area contributed by atoms with E-state index in [1.54, 1.807) is 6.07 Å². The average molecular weight is 450 g/mol. The van der Waals surface area contributed by atoms with Crippen molar-refractivity contribution in [2.24, 2.45) is 0 Å². The molecule has 1 aliphatic rings. The Labute approximate surface area is 182 Å². The molecule has 164 valence electrons. The van der Waals surface area contributed by atoms with Crippen LogP contribution in [0.1, 0.15) is 18.8 Å². The van der Waals surface area contributed by atoms with Crippen LogP contribution < -0.4 is 20.3 Å². The highest BCUT2D eigenvalue weighted by Gasteiger charge is 2.22. The number of ether oxygens (including phenoxy) is 2. The Hall–Kier alpha value is -3.25. The average Bonchev–Trinajstić information content (AvgIpc) is 3.24. The lowest BCUT2D eigenvalue weighted by Crippen LogP contribution is -2.37. The maximum atomic E-state index is 13.1. The maximum absolute atomic E-state index is 13.1. The van der Waals surface area contributed by atoms with Crippen LogP contribution >= 0.6 is 11.6 Å². The molecular weight excluding hydrogens is 429 g/mol. The SMILES string of the molecule is COc1cc(Nc2nc(N[C@@H](C)c3ncc(F)cn3)nc(N3CCOCC3)c2Cl)[nH]n1. The van der Waals surface area contributed by atoms with Gasteiger partial charge < -0.3 is 25.0 Å². The molecule has 0 unspecified atom stereocenters. The summed E-state index contributed by atoms with van der Waals surface area (Å²) in [4.78, 5) is 19.1. The Morgan fingerprint density at radius 3 is 2.68 bits per heavy atom. The van der Waals surface area contributed by atoms with E-state index in [2.05, 4.69) is 40.8 Å². The van der Waals surface area contributed by atoms with E-state index in [-0.39, 0.29) is 6.04 Å². The molecule has 0 spiro atoms. The number of H-pyrrole nitrogens is 1. The van der Waals surface area contributed by atoms with Crippen LogP contribution in [0.4, 0.5) is 27.8 Å². The first-order valence-electron chi connectivity index (χ1n) is 9.54. The number of hydrogen-bond donors (Lipinski definition) is 3. The van der Waals surface area contributed by atoms with Gasteiger partial charge >= 0.3 is 0 Å². The number of aromatic nitrogens is 6. The number of halogens is 2. The van der Waals surface area contributed by atoms with Crippen molar-refractivity contribution in [2.45, 2.75) is 13.0 Å². The van der Waals surface area contributed by atoms with E-state index in [4.69, 9.17) is 21.1 Å². The van der Waals surface area contributed by atoms with Crippen molar-refractivity contribution < 1.29 is 13.9 Å². The van der Waals surface area contributed by atoms with Gasteiger partial charge in [0.05, 0.1) is 38.8 Å². The minimum Gasteiger partial charge on any atom is -0.480 e. The summed E-state index contributed by atoms with van der Waals surface area (Å²) in [6, 6.07) is 1.30. The highest BCUT2D eigenvalue weighted by molar-refractivity contribution is 6.35. The number of morpholine rings is 1. The topological polar surface area (TPSA) is 126 Å². The fourth-order valence-corrected chi connectivity index (χ4v) is 3.22. The quantitative estimate of drug-likeness (QED) is 0.495. The molecule has 0 amide bonds. The van der Waals surface area contributed by atoms with Crippen LogP contribution in [0.5, 0.6) is 5.88 Å². The Morgan fingerprint density at radius 1 is 1.26 bits per heavy atom. The molecule has 0 aromatic carbocycles. The predicted octanol–water partition coefficient (Wildman–Crippen LogP) is 2.54. The molecule has 11 nitrogen and oxygen atoms in total. The largest absolute Gasteiger partial charge is 0.480 e. The van der Waals surface area contributed by atoms with E-state index in [1.165, 1.54) is 7.11 Å². The Bertz CT molecular complexity index is 1030. The van der Waals surface area contributed by atoms with Gasteiger partial charge in [-0.25, -0.2) is 14.4 Å². The number of nitrogens with one attached hydrogen (secondary N) is 3. The number of methoxy groups -OCH3 is 1. The molecule has 0 aliphatic carbocycles. The first-order chi connectivity index (χ1) is 15.0. The molecule has 3 N–H and O–H groups in total. The van der Waals surface area contributed by atoms with Gasteiger partial charge in [0.15, 0.2) is 17.5 Å². The highest BCUT2D eigenvalue weighted by Crippen LogP contribution is 2.34. The second-order valence-corrected chi connectivity index (χ2v) is 7.09. The van der Waals surface area contributed by atoms with Gasteiger partial charge in [0.2, 0.25) is 11.8 Å². The Kier molecular flexibility index (Phi) is 6.28. The molecule has 4 heterocycles. The second kappa shape index (κ2) is 9.27. The van der Waals surface area contributed by atoms with Crippen molar-refractivity contribution >= 4 is 35.0 Å². The van der Waals surface area contributed by atoms with Crippen molar-refractivity contribution in [3.8, 4) is 5.88 Å². The third-order valence-corrected chi connectivity index (χ3v) is 4.88. The minimum absolute atomic E-state index is 0.306. The molecule has 3 aromatic heterocycles. The molecule has 0 saturated carbocycles. The molecule has 0 radical (unpaired) electrons. The lowest BCUT2D eigenvalue weighted by Gasteiger charge is -2.29. The molecule has 0 bridgehead atoms. The first kappa shape index (κ1) is 21.0. The molecule has 1 atom stereocenters. The number of nitrogens with zero attached hydrogens (tertiary/aromatic N) is 6. The van der Waals surface area contributed by atoms with E-state index < -0.39 is 5.82 Å². The molecule has 31 heavy (non-hydrogen) atoms. The summed E-state index contributed by atoms with van der Waals surface area (Å²) >= 11 is 6.65. The summed E-state index contributed by atoms with van der Waals surface area (Å²) in [6.45, 7) is 4.26. The molecule has 1 aliphatic heterocycles. The smallest absolute Gasteiger partial charge is 0.234 e. The standard InChI is InChI=1S/C18H21ClFN9O2/c1-10(15-21-8-11(20)9-22-15)23-18-25-16(24-12-7-13(30-2)28-27-12)14(19)17(26-18)29-3-5-31-6-4-29/h7-10H,3-6H2,1-2H3,(H3,23,24,25,26,27,28)/t10-/m0/s1. The lowest BCUT2D eigenvalue weighted by molar-refractivity contribution is 0.122. The molecular formula is C18H21ClFN9O2. The third kappa shape index (κ3) is 4.91. The zero-order valence-electron chi connectivity index (χ0n) is 16.9. The second-order valence-electron chi connectivity index (χ2n) is 6.71. The van der Waals surface area contributed by atoms with Crippen LogP contribution in [0.25, 0.3) is 0 Å². The van der Waals surface area contributed by atoms with Crippen LogP contribution in [0.2, 0.25) is 5.02 Å². The number of rotatable bonds is 7. The summed E-state index contributed by atoms with van der Waals surface area (Å²) in [7, 11) is 1.52. The normalized spacial score (nSPS) is 14.9. The fraction of sp³-hybridized carbons (Fsp3) is 0.389. The zero-order valence-corrected chi connectivity index (χ0v) is 17.6. The van der Waals surface area contributed by atoms with E-state index in [1.807, 2.05) is 11.8 Å². The zero-order chi connectivity index (χ0) is 21.8. The Morgan fingerprint density at radius 2 is 2.00 bits per heavy atom. The van der Waals surface area contributed by atoms with Crippen LogP contribution in [0, 0.1) is 5.82 Å². The summed E-state index contributed by atoms with van der Waals surface area (Å²) in [5, 5.41) is 13.4. The van der Waals surface area contributed by atoms with Crippen LogP contribution in [0.15, 0.2) is 18.5 Å². The fourth-order valence-electron chi connectivity index (χ4n) is 2.97. The summed E-state index contributed by atoms with van der Waals surface area (Å²) < 4.78 is 23.7. The van der Waals surface area contributed by atoms with Gasteiger partial charge in [-0.05, 0) is 6.92 Å². The lowest BCUT2D eigenvalue weighted by atomic mass is 10.3. The van der Waals surface area contributed by atoms with Crippen LogP contribution in [0.3, 0.4) is 0 Å². The van der Waals surface area contributed by atoms with Gasteiger partial charge in [0, 0.05) is 19.2 Å². The van der Waals surface area contributed by atoms with Crippen molar-refractivity contribution in [3.05, 3.63) is 35.1 Å². The van der Waals surface area contributed by atoms with Gasteiger partial charge in [0.1, 0.15) is 16.7 Å². The van der Waals surface area contributed by atoms with Crippen molar-refractivity contribution in [2.75, 3.05) is 48.9 Å². The maximum Gasteiger partial charge on any atom is 0.234 e. The molecule has 1 saturated heterocycles. The van der Waals surface area contributed by atoms with Crippen LogP contribution in [-0.4, -0.2) is 63.5 Å². The number of anilines is 4. The van der Waals surface area contributed by atoms with Crippen molar-refractivity contribution in [1.82, 2.24) is 30.1 Å². The Balaban J connectivity index is 1.65. The molecule has 3 aromatic rings. The first-order valence-corrected chi connectivity index (χ1v) is 9.92. The van der Waals surface area contributed by atoms with Crippen LogP contribution in [-0.2, 0) is 4.74 Å². The van der Waals surface area contributed by atoms with E-state index in [9.17, 15) is 4.39 Å². The van der Waals surface area contributed by atoms with Crippen molar-refractivity contribution in [1.29, 1.82) is 0 Å². The summed E-state index contributed by atoms with van der Waals surface area (Å²) in [5.41, 5.74) is 0. The third-order valence-electron chi connectivity index (χ3n) is 4.53. The van der Waals surface area contributed by atoms with Gasteiger partial charge in [0.25, 0.3) is 0 Å². The molecule has 1 fully saturated rings. The minimum atomic E-state index is -0.505. The monoisotopic (exact) mass is 449 g/mol. The predicted molar refractivity (Wildman–Crippen MR) is 113 cm³/mol. The number of aromatic amines is 1. The van der Waals surface area contributed by atoms with Gasteiger partial charge in [-0.2, -0.15) is 9.97 Å². The van der Waals surface area contributed by atoms with Crippen molar-refractivity contribution in [3.63, 3.8) is 0 Å². The van der Waals surface area contributed by atoms with E-state index >= 15 is 0 Å². The van der Waals surface area contributed by atoms with E-state index in [0.717, 1.165) is 12.4 Å². The van der Waals surface area contributed by atoms with E-state index in [0.29, 0.717) is 66.4 Å². The summed E-state index contributed by atoms with van der Waals surface area (Å²) in [5.74, 6) is 2.10. The van der Waals surface area contributed by atoms with Gasteiger partial charge in [-0.1, -0.05) is 11.6 Å².